The van der Waals surface area contributed by atoms with Crippen molar-refractivity contribution >= 4 is 11.8 Å². The monoisotopic (exact) mass is 344 g/mol. The maximum absolute atomic E-state index is 12.8. The molecule has 1 aromatic carbocycles. The van der Waals surface area contributed by atoms with E-state index in [2.05, 4.69) is 12.2 Å². The first-order valence-corrected chi connectivity index (χ1v) is 9.37. The summed E-state index contributed by atoms with van der Waals surface area (Å²) in [4.78, 5) is 26.7. The molecule has 0 radical (unpaired) electrons. The van der Waals surface area contributed by atoms with Gasteiger partial charge in [0.1, 0.15) is 12.4 Å². The van der Waals surface area contributed by atoms with Gasteiger partial charge in [-0.1, -0.05) is 39.0 Å². The van der Waals surface area contributed by atoms with Crippen molar-refractivity contribution in [2.75, 3.05) is 26.7 Å². The molecular weight excluding hydrogens is 316 g/mol. The lowest BCUT2D eigenvalue weighted by atomic mass is 9.80. The van der Waals surface area contributed by atoms with Crippen LogP contribution in [-0.2, 0) is 0 Å². The van der Waals surface area contributed by atoms with Crippen molar-refractivity contribution < 1.29 is 14.3 Å². The summed E-state index contributed by atoms with van der Waals surface area (Å²) in [7, 11) is 1.85. The largest absolute Gasteiger partial charge is 0.491 e. The Morgan fingerprint density at radius 1 is 1.32 bits per heavy atom. The van der Waals surface area contributed by atoms with Crippen LogP contribution in [0, 0.1) is 11.8 Å². The summed E-state index contributed by atoms with van der Waals surface area (Å²) < 4.78 is 5.55. The van der Waals surface area contributed by atoms with Crippen molar-refractivity contribution in [3.8, 4) is 5.75 Å². The van der Waals surface area contributed by atoms with E-state index in [0.29, 0.717) is 35.9 Å². The van der Waals surface area contributed by atoms with Gasteiger partial charge in [0.15, 0.2) is 0 Å². The van der Waals surface area contributed by atoms with Gasteiger partial charge in [-0.05, 0) is 30.0 Å². The Labute approximate surface area is 149 Å². The number of carbonyl (C=O) groups excluding carboxylic acids is 2. The molecule has 1 aliphatic heterocycles. The highest BCUT2D eigenvalue weighted by atomic mass is 16.5. The molecule has 0 saturated heterocycles. The van der Waals surface area contributed by atoms with E-state index < -0.39 is 0 Å². The second-order valence-electron chi connectivity index (χ2n) is 7.38. The Kier molecular flexibility index (Phi) is 5.61. The molecule has 1 atom stereocenters. The van der Waals surface area contributed by atoms with Crippen LogP contribution in [0.3, 0.4) is 0 Å². The van der Waals surface area contributed by atoms with Gasteiger partial charge >= 0.3 is 0 Å². The Hall–Kier alpha value is -2.04. The van der Waals surface area contributed by atoms with Gasteiger partial charge in [-0.2, -0.15) is 0 Å². The number of nitrogens with zero attached hydrogens (tertiary/aromatic N) is 1. The predicted octanol–water partition coefficient (Wildman–Crippen LogP) is 3.10. The third-order valence-corrected chi connectivity index (χ3v) is 5.48. The minimum absolute atomic E-state index is 0.0393. The lowest BCUT2D eigenvalue weighted by Crippen LogP contribution is -2.34. The number of hydrogen-bond acceptors (Lipinski definition) is 3. The van der Waals surface area contributed by atoms with E-state index in [0.717, 1.165) is 12.5 Å². The maximum atomic E-state index is 12.8. The van der Waals surface area contributed by atoms with Crippen LogP contribution < -0.4 is 10.1 Å². The van der Waals surface area contributed by atoms with Gasteiger partial charge in [-0.25, -0.2) is 0 Å². The minimum atomic E-state index is -0.180. The number of nitrogens with one attached hydrogen (secondary N) is 1. The summed E-state index contributed by atoms with van der Waals surface area (Å²) in [5.74, 6) is 1.55. The second-order valence-corrected chi connectivity index (χ2v) is 7.38. The Morgan fingerprint density at radius 2 is 2.08 bits per heavy atom. The van der Waals surface area contributed by atoms with E-state index in [1.807, 2.05) is 7.05 Å². The van der Waals surface area contributed by atoms with Gasteiger partial charge in [0.2, 0.25) is 0 Å². The molecule has 1 saturated carbocycles. The molecule has 2 aliphatic rings. The van der Waals surface area contributed by atoms with Crippen LogP contribution in [0.4, 0.5) is 0 Å². The van der Waals surface area contributed by atoms with E-state index in [9.17, 15) is 9.59 Å². The lowest BCUT2D eigenvalue weighted by molar-refractivity contribution is 0.0750. The first-order chi connectivity index (χ1) is 12.1. The van der Waals surface area contributed by atoms with Crippen LogP contribution in [0.25, 0.3) is 0 Å². The Morgan fingerprint density at radius 3 is 2.84 bits per heavy atom. The summed E-state index contributed by atoms with van der Waals surface area (Å²) in [6.07, 6.45) is 6.52. The molecule has 136 valence electrons. The smallest absolute Gasteiger partial charge is 0.255 e. The van der Waals surface area contributed by atoms with E-state index in [1.165, 1.54) is 32.1 Å². The van der Waals surface area contributed by atoms with Crippen LogP contribution in [0.2, 0.25) is 0 Å². The molecule has 0 bridgehead atoms. The summed E-state index contributed by atoms with van der Waals surface area (Å²) in [5, 5.41) is 2.78. The number of amides is 2. The molecule has 3 rings (SSSR count). The molecule has 1 aliphatic carbocycles. The van der Waals surface area contributed by atoms with Crippen molar-refractivity contribution in [3.05, 3.63) is 29.3 Å². The minimum Gasteiger partial charge on any atom is -0.491 e. The van der Waals surface area contributed by atoms with Gasteiger partial charge in [-0.15, -0.1) is 0 Å². The SMILES string of the molecule is CC(CN(C)C(=O)c1ccc2c(c1)C(=O)NCCO2)C1CCCCC1. The fourth-order valence-electron chi connectivity index (χ4n) is 3.97. The number of rotatable bonds is 4. The average Bonchev–Trinajstić information content (AvgIpc) is 2.83. The third kappa shape index (κ3) is 4.14. The van der Waals surface area contributed by atoms with Crippen LogP contribution in [0.15, 0.2) is 18.2 Å². The van der Waals surface area contributed by atoms with Crippen LogP contribution >= 0.6 is 0 Å². The van der Waals surface area contributed by atoms with Gasteiger partial charge in [0.05, 0.1) is 12.1 Å². The van der Waals surface area contributed by atoms with E-state index in [1.54, 1.807) is 23.1 Å². The molecule has 1 aromatic rings. The number of carbonyl (C=O) groups is 2. The number of fused-ring (bicyclic) bond motifs is 1. The van der Waals surface area contributed by atoms with Gasteiger partial charge in [0, 0.05) is 19.2 Å². The molecule has 1 fully saturated rings. The normalized spacial score (nSPS) is 19.2. The summed E-state index contributed by atoms with van der Waals surface area (Å²) >= 11 is 0. The zero-order valence-electron chi connectivity index (χ0n) is 15.2. The van der Waals surface area contributed by atoms with Gasteiger partial charge < -0.3 is 15.0 Å². The summed E-state index contributed by atoms with van der Waals surface area (Å²) in [5.41, 5.74) is 0.981. The molecule has 2 amide bonds. The lowest BCUT2D eigenvalue weighted by Gasteiger charge is -2.30. The molecule has 1 N–H and O–H groups in total. The third-order valence-electron chi connectivity index (χ3n) is 5.48. The Balaban J connectivity index is 1.68. The van der Waals surface area contributed by atoms with Crippen LogP contribution in [-0.4, -0.2) is 43.5 Å². The molecule has 1 unspecified atom stereocenters. The summed E-state index contributed by atoms with van der Waals surface area (Å²) in [6, 6.07) is 5.13. The molecule has 1 heterocycles. The Bertz CT molecular complexity index is 638. The van der Waals surface area contributed by atoms with E-state index in [-0.39, 0.29) is 11.8 Å². The van der Waals surface area contributed by atoms with E-state index in [4.69, 9.17) is 4.74 Å². The molecular formula is C20H28N2O3. The molecule has 5 heteroatoms. The molecule has 0 spiro atoms. The zero-order valence-corrected chi connectivity index (χ0v) is 15.2. The van der Waals surface area contributed by atoms with Gasteiger partial charge in [-0.3, -0.25) is 9.59 Å². The average molecular weight is 344 g/mol. The zero-order chi connectivity index (χ0) is 17.8. The second kappa shape index (κ2) is 7.89. The number of ether oxygens (including phenoxy) is 1. The number of hydrogen-bond donors (Lipinski definition) is 1. The standard InChI is InChI=1S/C20H28N2O3/c1-14(15-6-4-3-5-7-15)13-22(2)20(24)16-8-9-18-17(12-16)19(23)21-10-11-25-18/h8-9,12,14-15H,3-7,10-11,13H2,1-2H3,(H,21,23). The first-order valence-electron chi connectivity index (χ1n) is 9.37. The van der Waals surface area contributed by atoms with Gasteiger partial charge in [0.25, 0.3) is 11.8 Å². The highest BCUT2D eigenvalue weighted by Crippen LogP contribution is 2.30. The van der Waals surface area contributed by atoms with E-state index >= 15 is 0 Å². The first kappa shape index (κ1) is 17.8. The fourth-order valence-corrected chi connectivity index (χ4v) is 3.97. The molecule has 5 nitrogen and oxygen atoms in total. The van der Waals surface area contributed by atoms with Crippen molar-refractivity contribution in [1.82, 2.24) is 10.2 Å². The van der Waals surface area contributed by atoms with Crippen molar-refractivity contribution in [2.24, 2.45) is 11.8 Å². The van der Waals surface area contributed by atoms with Crippen molar-refractivity contribution in [3.63, 3.8) is 0 Å². The summed E-state index contributed by atoms with van der Waals surface area (Å²) in [6.45, 7) is 3.93. The maximum Gasteiger partial charge on any atom is 0.255 e. The molecule has 0 aromatic heterocycles. The molecule has 25 heavy (non-hydrogen) atoms. The topological polar surface area (TPSA) is 58.6 Å². The predicted molar refractivity (Wildman–Crippen MR) is 97.0 cm³/mol. The van der Waals surface area contributed by atoms with Crippen molar-refractivity contribution in [1.29, 1.82) is 0 Å². The van der Waals surface area contributed by atoms with Crippen LogP contribution in [0.5, 0.6) is 5.75 Å². The highest BCUT2D eigenvalue weighted by molar-refractivity contribution is 6.01. The fraction of sp³-hybridized carbons (Fsp3) is 0.600. The number of benzene rings is 1. The van der Waals surface area contributed by atoms with Crippen LogP contribution in [0.1, 0.15) is 59.7 Å². The quantitative estimate of drug-likeness (QED) is 0.913. The highest BCUT2D eigenvalue weighted by Gasteiger charge is 2.24. The van der Waals surface area contributed by atoms with Crippen molar-refractivity contribution in [2.45, 2.75) is 39.0 Å².